The Labute approximate surface area is 181 Å². The van der Waals surface area contributed by atoms with Crippen molar-refractivity contribution >= 4 is 37.9 Å². The summed E-state index contributed by atoms with van der Waals surface area (Å²) in [7, 11) is -4.08. The zero-order chi connectivity index (χ0) is 23.5. The lowest BCUT2D eigenvalue weighted by atomic mass is 10.0. The lowest BCUT2D eigenvalue weighted by molar-refractivity contribution is -0.617. The minimum absolute atomic E-state index is 0.339. The summed E-state index contributed by atoms with van der Waals surface area (Å²) in [5.41, 5.74) is -3.05. The molecule has 0 aliphatic rings. The van der Waals surface area contributed by atoms with E-state index in [9.17, 15) is 18.0 Å². The molecule has 1 aromatic heterocycles. The number of ether oxygens (including phenoxy) is 1. The Bertz CT molecular complexity index is 1330. The van der Waals surface area contributed by atoms with Crippen molar-refractivity contribution < 1.29 is 40.2 Å². The van der Waals surface area contributed by atoms with Crippen LogP contribution in [0.2, 0.25) is 0 Å². The van der Waals surface area contributed by atoms with Crippen LogP contribution < -0.4 is 9.30 Å². The second-order valence-electron chi connectivity index (χ2n) is 6.57. The largest absolute Gasteiger partial charge is 0.741 e. The summed E-state index contributed by atoms with van der Waals surface area (Å²) in [6.45, 7) is 0. The van der Waals surface area contributed by atoms with E-state index >= 15 is 0 Å². The number of hydrogen-bond acceptors (Lipinski definition) is 5. The molecule has 0 spiro atoms. The number of esters is 1. The van der Waals surface area contributed by atoms with Gasteiger partial charge in [-0.2, -0.15) is 17.7 Å². The number of aryl methyl sites for hydroxylation is 1. The van der Waals surface area contributed by atoms with E-state index in [4.69, 9.17) is 17.7 Å². The molecule has 0 unspecified atom stereocenters. The maximum absolute atomic E-state index is 12.9. The molecule has 0 aliphatic carbocycles. The topological polar surface area (TPSA) is 87.4 Å². The second kappa shape index (κ2) is 8.93. The van der Waals surface area contributed by atoms with Gasteiger partial charge in [0.25, 0.3) is 0 Å². The molecule has 0 amide bonds. The molecule has 4 rings (SSSR count). The molecule has 166 valence electrons. The third kappa shape index (κ3) is 4.87. The number of para-hydroxylation sites is 3. The molecule has 0 saturated heterocycles. The fourth-order valence-corrected chi connectivity index (χ4v) is 3.10. The van der Waals surface area contributed by atoms with Crippen molar-refractivity contribution in [2.75, 3.05) is 0 Å². The predicted octanol–water partition coefficient (Wildman–Crippen LogP) is 4.09. The van der Waals surface area contributed by atoms with E-state index < -0.39 is 15.6 Å². The van der Waals surface area contributed by atoms with Crippen LogP contribution in [0.25, 0.3) is 21.8 Å². The zero-order valence-corrected chi connectivity index (χ0v) is 17.4. The Morgan fingerprint density at radius 1 is 0.844 bits per heavy atom. The Kier molecular flexibility index (Phi) is 6.47. The van der Waals surface area contributed by atoms with Crippen LogP contribution >= 0.6 is 0 Å². The number of aromatic nitrogens is 1. The van der Waals surface area contributed by atoms with Gasteiger partial charge in [-0.05, 0) is 24.3 Å². The van der Waals surface area contributed by atoms with Gasteiger partial charge in [0, 0.05) is 12.1 Å². The molecule has 0 aliphatic heterocycles. The predicted molar refractivity (Wildman–Crippen MR) is 110 cm³/mol. The van der Waals surface area contributed by atoms with Crippen LogP contribution in [0.1, 0.15) is 10.4 Å². The van der Waals surface area contributed by atoms with Gasteiger partial charge in [-0.1, -0.05) is 42.5 Å². The number of pyridine rings is 1. The van der Waals surface area contributed by atoms with Gasteiger partial charge in [-0.3, -0.25) is 0 Å². The molecule has 4 aromatic rings. The molecule has 10 heteroatoms. The summed E-state index contributed by atoms with van der Waals surface area (Å²) in [5, 5.41) is 1.78. The van der Waals surface area contributed by atoms with E-state index in [1.165, 1.54) is 0 Å². The number of fused-ring (bicyclic) bond motifs is 2. The van der Waals surface area contributed by atoms with Crippen molar-refractivity contribution in [1.29, 1.82) is 0 Å². The quantitative estimate of drug-likeness (QED) is 0.112. The number of alkyl halides is 3. The van der Waals surface area contributed by atoms with Crippen molar-refractivity contribution in [2.24, 2.45) is 7.05 Å². The molecule has 0 radical (unpaired) electrons. The summed E-state index contributed by atoms with van der Waals surface area (Å²) in [6, 6.07) is 24.9. The molecule has 32 heavy (non-hydrogen) atoms. The summed E-state index contributed by atoms with van der Waals surface area (Å²) in [5.74, 6) is 0.207. The molecule has 3 aromatic carbocycles. The number of carbonyl (C=O) groups is 1. The first-order valence-electron chi connectivity index (χ1n) is 9.09. The van der Waals surface area contributed by atoms with Crippen molar-refractivity contribution in [3.05, 3.63) is 84.4 Å². The Hall–Kier alpha value is -3.50. The van der Waals surface area contributed by atoms with E-state index in [2.05, 4.69) is 4.57 Å². The molecule has 0 atom stereocenters. The van der Waals surface area contributed by atoms with E-state index in [1.807, 2.05) is 73.8 Å². The number of halogens is 3. The van der Waals surface area contributed by atoms with Crippen LogP contribution in [0.15, 0.2) is 78.9 Å². The number of rotatable bonds is 2. The average molecular weight is 463 g/mol. The summed E-state index contributed by atoms with van der Waals surface area (Å²) >= 11 is 0. The maximum atomic E-state index is 12.9. The van der Waals surface area contributed by atoms with Crippen LogP contribution in [0, 0.1) is 0 Å². The molecule has 1 heterocycles. The van der Waals surface area contributed by atoms with Crippen LogP contribution in [-0.4, -0.2) is 24.4 Å². The first-order valence-corrected chi connectivity index (χ1v) is 10.5. The van der Waals surface area contributed by atoms with E-state index in [-0.39, 0.29) is 5.97 Å². The standard InChI is InChI=1S/C21H16NO2.CHF3O3S/c1-22-18-13-7-5-11-16(18)20(17-12-6-8-14-19(17)22)21(23)24-15-9-3-2-4-10-15;2-1(3,4)8(5,6)7/h2-14H,1H3;(H,5,6,7)/q+1;/p-1. The first-order chi connectivity index (χ1) is 15.0. The highest BCUT2D eigenvalue weighted by atomic mass is 32.2. The van der Waals surface area contributed by atoms with Crippen molar-refractivity contribution in [1.82, 2.24) is 0 Å². The minimum atomic E-state index is -6.09. The van der Waals surface area contributed by atoms with Gasteiger partial charge in [-0.25, -0.2) is 13.2 Å². The normalized spacial score (nSPS) is 11.7. The average Bonchev–Trinajstić information content (AvgIpc) is 2.74. The fourth-order valence-electron chi connectivity index (χ4n) is 3.10. The Balaban J connectivity index is 0.000000312. The number of nitrogens with zero attached hydrogens (tertiary/aromatic N) is 1. The molecule has 0 bridgehead atoms. The van der Waals surface area contributed by atoms with Gasteiger partial charge in [-0.15, -0.1) is 0 Å². The van der Waals surface area contributed by atoms with Crippen molar-refractivity contribution in [2.45, 2.75) is 5.51 Å². The Morgan fingerprint density at radius 2 is 1.25 bits per heavy atom. The highest BCUT2D eigenvalue weighted by Gasteiger charge is 2.36. The molecule has 0 N–H and O–H groups in total. The van der Waals surface area contributed by atoms with E-state index in [1.54, 1.807) is 12.1 Å². The number of benzene rings is 3. The highest BCUT2D eigenvalue weighted by Crippen LogP contribution is 2.26. The van der Waals surface area contributed by atoms with Crippen LogP contribution in [0.5, 0.6) is 5.75 Å². The zero-order valence-electron chi connectivity index (χ0n) is 16.5. The fraction of sp³-hybridized carbons (Fsp3) is 0.0909. The maximum Gasteiger partial charge on any atom is 0.485 e. The minimum Gasteiger partial charge on any atom is -0.741 e. The van der Waals surface area contributed by atoms with Crippen LogP contribution in [0.3, 0.4) is 0 Å². The molecule has 6 nitrogen and oxygen atoms in total. The monoisotopic (exact) mass is 463 g/mol. The first kappa shape index (κ1) is 23.2. The van der Waals surface area contributed by atoms with Gasteiger partial charge in [0.05, 0.1) is 16.3 Å². The summed E-state index contributed by atoms with van der Waals surface area (Å²) in [6.07, 6.45) is 0. The number of hydrogen-bond donors (Lipinski definition) is 0. The van der Waals surface area contributed by atoms with Gasteiger partial charge in [0.1, 0.15) is 12.8 Å². The number of carbonyl (C=O) groups excluding carboxylic acids is 1. The lowest BCUT2D eigenvalue weighted by Gasteiger charge is -2.10. The highest BCUT2D eigenvalue weighted by molar-refractivity contribution is 7.86. The molecule has 0 fully saturated rings. The summed E-state index contributed by atoms with van der Waals surface area (Å²) < 4.78 is 66.6. The van der Waals surface area contributed by atoms with E-state index in [0.717, 1.165) is 21.8 Å². The SMILES string of the molecule is C[n+]1c2ccccc2c(C(=O)Oc2ccccc2)c2ccccc21.O=S(=O)([O-])C(F)(F)F. The van der Waals surface area contributed by atoms with Crippen molar-refractivity contribution in [3.63, 3.8) is 0 Å². The van der Waals surface area contributed by atoms with Crippen molar-refractivity contribution in [3.8, 4) is 5.75 Å². The molecule has 0 saturated carbocycles. The molecular weight excluding hydrogens is 447 g/mol. The summed E-state index contributed by atoms with van der Waals surface area (Å²) in [4.78, 5) is 12.9. The van der Waals surface area contributed by atoms with Gasteiger partial charge in [0.2, 0.25) is 11.0 Å². The van der Waals surface area contributed by atoms with Gasteiger partial charge in [0.15, 0.2) is 10.1 Å². The third-order valence-corrected chi connectivity index (χ3v) is 5.08. The van der Waals surface area contributed by atoms with Gasteiger partial charge >= 0.3 is 11.5 Å². The van der Waals surface area contributed by atoms with Gasteiger partial charge < -0.3 is 9.29 Å². The van der Waals surface area contributed by atoms with Crippen LogP contribution in [-0.2, 0) is 17.2 Å². The smallest absolute Gasteiger partial charge is 0.485 e. The van der Waals surface area contributed by atoms with Crippen LogP contribution in [0.4, 0.5) is 13.2 Å². The lowest BCUT2D eigenvalue weighted by Crippen LogP contribution is -2.31. The second-order valence-corrected chi connectivity index (χ2v) is 7.94. The third-order valence-electron chi connectivity index (χ3n) is 4.51. The van der Waals surface area contributed by atoms with E-state index in [0.29, 0.717) is 11.3 Å². The Morgan fingerprint density at radius 3 is 1.69 bits per heavy atom. The molecular formula is C22H16F3NO5S.